The Bertz CT molecular complexity index is 990. The molecule has 6 nitrogen and oxygen atoms in total. The van der Waals surface area contributed by atoms with Gasteiger partial charge >= 0.3 is 5.97 Å². The molecule has 0 fully saturated rings. The highest BCUT2D eigenvalue weighted by Crippen LogP contribution is 2.30. The molecule has 2 aromatic rings. The molecule has 0 aromatic heterocycles. The van der Waals surface area contributed by atoms with Gasteiger partial charge in [0.1, 0.15) is 0 Å². The Morgan fingerprint density at radius 2 is 1.89 bits per heavy atom. The van der Waals surface area contributed by atoms with Crippen molar-refractivity contribution in [3.05, 3.63) is 57.1 Å². The van der Waals surface area contributed by atoms with Crippen molar-refractivity contribution in [1.29, 1.82) is 0 Å². The van der Waals surface area contributed by atoms with Gasteiger partial charge in [0.2, 0.25) is 11.7 Å². The molecule has 0 radical (unpaired) electrons. The Kier molecular flexibility index (Phi) is 5.63. The number of nitrogens with zero attached hydrogens (tertiary/aromatic N) is 1. The number of carbonyl (C=O) groups excluding carboxylic acids is 3. The predicted octanol–water partition coefficient (Wildman–Crippen LogP) is 3.91. The van der Waals surface area contributed by atoms with Gasteiger partial charge < -0.3 is 15.4 Å². The van der Waals surface area contributed by atoms with Gasteiger partial charge in [-0.3, -0.25) is 9.59 Å². The van der Waals surface area contributed by atoms with Crippen LogP contribution in [-0.4, -0.2) is 30.3 Å². The fourth-order valence-electron chi connectivity index (χ4n) is 3.15. The fraction of sp³-hybridized carbons (Fsp3) is 0.250. The number of ketones is 1. The van der Waals surface area contributed by atoms with Gasteiger partial charge in [-0.15, -0.1) is 0 Å². The number of carbonyl (C=O) groups is 3. The van der Waals surface area contributed by atoms with Crippen LogP contribution in [-0.2, 0) is 16.0 Å². The molecule has 1 atom stereocenters. The smallest absolute Gasteiger partial charge is 0.341 e. The van der Waals surface area contributed by atoms with Crippen molar-refractivity contribution in [2.45, 2.75) is 26.4 Å². The lowest BCUT2D eigenvalue weighted by atomic mass is 10.0. The number of halogens is 2. The van der Waals surface area contributed by atoms with Crippen molar-refractivity contribution in [1.82, 2.24) is 0 Å². The summed E-state index contributed by atoms with van der Waals surface area (Å²) >= 11 is 11.8. The normalized spacial score (nSPS) is 13.8. The number of Topliss-reactive ketones (excluding diaryl/α,β-unsaturated/α-hetero) is 1. The third kappa shape index (κ3) is 3.84. The molecule has 2 aromatic carbocycles. The summed E-state index contributed by atoms with van der Waals surface area (Å²) in [5, 5.41) is 0.367. The second-order valence-electron chi connectivity index (χ2n) is 6.52. The van der Waals surface area contributed by atoms with Crippen molar-refractivity contribution < 1.29 is 19.1 Å². The van der Waals surface area contributed by atoms with E-state index in [1.807, 2.05) is 0 Å². The lowest BCUT2D eigenvalue weighted by molar-refractivity contribution is -0.116. The topological polar surface area (TPSA) is 89.7 Å². The average molecular weight is 421 g/mol. The van der Waals surface area contributed by atoms with Crippen molar-refractivity contribution in [2.24, 2.45) is 0 Å². The molecule has 0 unspecified atom stereocenters. The number of amides is 1. The molecule has 28 heavy (non-hydrogen) atoms. The van der Waals surface area contributed by atoms with E-state index in [2.05, 4.69) is 0 Å². The third-order valence-electron chi connectivity index (χ3n) is 4.61. The van der Waals surface area contributed by atoms with Crippen LogP contribution in [0.4, 0.5) is 11.4 Å². The minimum atomic E-state index is -1.03. The third-order valence-corrected chi connectivity index (χ3v) is 5.14. The number of benzene rings is 2. The second-order valence-corrected chi connectivity index (χ2v) is 7.37. The number of nitrogens with two attached hydrogens (primary N) is 1. The second kappa shape index (κ2) is 7.81. The van der Waals surface area contributed by atoms with Gasteiger partial charge in [-0.25, -0.2) is 4.79 Å². The summed E-state index contributed by atoms with van der Waals surface area (Å²) in [7, 11) is 0. The maximum atomic E-state index is 12.7. The zero-order valence-corrected chi connectivity index (χ0v) is 16.8. The Balaban J connectivity index is 1.77. The Hall–Kier alpha value is -2.57. The van der Waals surface area contributed by atoms with Gasteiger partial charge in [-0.1, -0.05) is 23.2 Å². The van der Waals surface area contributed by atoms with Crippen LogP contribution in [0.15, 0.2) is 30.3 Å². The lowest BCUT2D eigenvalue weighted by Gasteiger charge is -2.16. The molecule has 0 spiro atoms. The highest BCUT2D eigenvalue weighted by molar-refractivity contribution is 6.37. The summed E-state index contributed by atoms with van der Waals surface area (Å²) < 4.78 is 5.27. The molecule has 8 heteroatoms. The van der Waals surface area contributed by atoms with Crippen LogP contribution < -0.4 is 10.6 Å². The van der Waals surface area contributed by atoms with Crippen LogP contribution >= 0.6 is 23.2 Å². The van der Waals surface area contributed by atoms with Crippen molar-refractivity contribution >= 4 is 52.2 Å². The van der Waals surface area contributed by atoms with Crippen LogP contribution in [0.5, 0.6) is 0 Å². The maximum absolute atomic E-state index is 12.7. The zero-order valence-electron chi connectivity index (χ0n) is 15.3. The van der Waals surface area contributed by atoms with E-state index in [4.69, 9.17) is 33.7 Å². The van der Waals surface area contributed by atoms with Crippen LogP contribution in [0.3, 0.4) is 0 Å². The molecule has 2 N–H and O–H groups in total. The van der Waals surface area contributed by atoms with Crippen LogP contribution in [0.2, 0.25) is 10.0 Å². The molecule has 1 heterocycles. The van der Waals surface area contributed by atoms with E-state index in [1.165, 1.54) is 26.0 Å². The van der Waals surface area contributed by atoms with Gasteiger partial charge in [-0.05, 0) is 49.2 Å². The first kappa shape index (κ1) is 20.2. The van der Waals surface area contributed by atoms with Gasteiger partial charge in [0.05, 0.1) is 16.3 Å². The summed E-state index contributed by atoms with van der Waals surface area (Å²) in [6, 6.07) is 7.85. The SMILES string of the molecule is CC(=O)N1CCc2cc(C(=O)[C@@H](C)OC(=O)c3cc(Cl)cc(Cl)c3N)ccc21. The number of rotatable bonds is 4. The first-order valence-corrected chi connectivity index (χ1v) is 9.35. The molecular weight excluding hydrogens is 403 g/mol. The quantitative estimate of drug-likeness (QED) is 0.459. The molecular formula is C20H18Cl2N2O4. The van der Waals surface area contributed by atoms with Crippen LogP contribution in [0, 0.1) is 0 Å². The van der Waals surface area contributed by atoms with E-state index >= 15 is 0 Å². The molecule has 0 saturated heterocycles. The van der Waals surface area contributed by atoms with Gasteiger partial charge in [0.25, 0.3) is 0 Å². The molecule has 1 amide bonds. The van der Waals surface area contributed by atoms with E-state index in [9.17, 15) is 14.4 Å². The van der Waals surface area contributed by atoms with Crippen LogP contribution in [0.25, 0.3) is 0 Å². The number of hydrogen-bond donors (Lipinski definition) is 1. The Morgan fingerprint density at radius 1 is 1.18 bits per heavy atom. The summed E-state index contributed by atoms with van der Waals surface area (Å²) in [6.07, 6.45) is -0.366. The minimum absolute atomic E-state index is 0.00297. The summed E-state index contributed by atoms with van der Waals surface area (Å²) in [4.78, 5) is 38.4. The van der Waals surface area contributed by atoms with E-state index in [-0.39, 0.29) is 33.0 Å². The van der Waals surface area contributed by atoms with E-state index in [0.29, 0.717) is 18.5 Å². The number of anilines is 2. The standard InChI is InChI=1S/C20H18Cl2N2O4/c1-10(28-20(27)15-8-14(21)9-16(22)18(15)23)19(26)13-3-4-17-12(7-13)5-6-24(17)11(2)25/h3-4,7-10H,5-6,23H2,1-2H3/t10-/m1/s1. The van der Waals surface area contributed by atoms with Crippen molar-refractivity contribution in [3.8, 4) is 0 Å². The molecule has 1 aliphatic heterocycles. The molecule has 3 rings (SSSR count). The van der Waals surface area contributed by atoms with Crippen molar-refractivity contribution in [2.75, 3.05) is 17.2 Å². The number of esters is 1. The molecule has 146 valence electrons. The average Bonchev–Trinajstić information content (AvgIpc) is 3.07. The fourth-order valence-corrected chi connectivity index (χ4v) is 3.64. The summed E-state index contributed by atoms with van der Waals surface area (Å²) in [5.74, 6) is -1.19. The summed E-state index contributed by atoms with van der Waals surface area (Å²) in [6.45, 7) is 3.57. The zero-order chi connectivity index (χ0) is 20.6. The Labute approximate surface area is 172 Å². The van der Waals surface area contributed by atoms with Crippen molar-refractivity contribution in [3.63, 3.8) is 0 Å². The molecule has 0 saturated carbocycles. The monoisotopic (exact) mass is 420 g/mol. The predicted molar refractivity (Wildman–Crippen MR) is 108 cm³/mol. The first-order chi connectivity index (χ1) is 13.2. The van der Waals surface area contributed by atoms with Crippen LogP contribution in [0.1, 0.15) is 40.1 Å². The van der Waals surface area contributed by atoms with E-state index in [0.717, 1.165) is 11.3 Å². The maximum Gasteiger partial charge on any atom is 0.341 e. The highest BCUT2D eigenvalue weighted by Gasteiger charge is 2.26. The summed E-state index contributed by atoms with van der Waals surface area (Å²) in [5.41, 5.74) is 7.96. The van der Waals surface area contributed by atoms with E-state index in [1.54, 1.807) is 23.1 Å². The molecule has 1 aliphatic rings. The first-order valence-electron chi connectivity index (χ1n) is 8.59. The number of ether oxygens (including phenoxy) is 1. The molecule has 0 bridgehead atoms. The van der Waals surface area contributed by atoms with Gasteiger partial charge in [-0.2, -0.15) is 0 Å². The largest absolute Gasteiger partial charge is 0.451 e. The number of fused-ring (bicyclic) bond motifs is 1. The molecule has 0 aliphatic carbocycles. The van der Waals surface area contributed by atoms with Gasteiger partial charge in [0, 0.05) is 29.7 Å². The number of hydrogen-bond acceptors (Lipinski definition) is 5. The van der Waals surface area contributed by atoms with E-state index < -0.39 is 12.1 Å². The Morgan fingerprint density at radius 3 is 2.57 bits per heavy atom. The van der Waals surface area contributed by atoms with Gasteiger partial charge in [0.15, 0.2) is 6.10 Å². The minimum Gasteiger partial charge on any atom is -0.451 e. The number of nitrogen functional groups attached to an aromatic ring is 1. The lowest BCUT2D eigenvalue weighted by Crippen LogP contribution is -2.26. The highest BCUT2D eigenvalue weighted by atomic mass is 35.5.